The predicted molar refractivity (Wildman–Crippen MR) is 62.4 cm³/mol. The first kappa shape index (κ1) is 11.3. The number of aryl methyl sites for hydroxylation is 1. The van der Waals surface area contributed by atoms with Gasteiger partial charge in [0.25, 0.3) is 5.91 Å². The van der Waals surface area contributed by atoms with Gasteiger partial charge in [0.1, 0.15) is 5.69 Å². The maximum atomic E-state index is 12.3. The Hall–Kier alpha value is -1.85. The lowest BCUT2D eigenvalue weighted by Gasteiger charge is -2.19. The van der Waals surface area contributed by atoms with Crippen molar-refractivity contribution in [1.82, 2.24) is 14.7 Å². The summed E-state index contributed by atoms with van der Waals surface area (Å²) in [6.07, 6.45) is 3.22. The van der Waals surface area contributed by atoms with Crippen molar-refractivity contribution in [2.24, 2.45) is 5.92 Å². The zero-order chi connectivity index (χ0) is 12.7. The highest BCUT2D eigenvalue weighted by Gasteiger charge is 2.30. The van der Waals surface area contributed by atoms with E-state index in [1.807, 2.05) is 4.90 Å². The van der Waals surface area contributed by atoms with E-state index in [-0.39, 0.29) is 11.6 Å². The maximum absolute atomic E-state index is 12.3. The van der Waals surface area contributed by atoms with E-state index in [1.165, 1.54) is 23.6 Å². The van der Waals surface area contributed by atoms with Crippen LogP contribution in [0.3, 0.4) is 0 Å². The number of aromatic nitrogens is 2. The van der Waals surface area contributed by atoms with Crippen LogP contribution >= 0.6 is 0 Å². The number of carbonyl (C=O) groups excluding carboxylic acids is 1. The zero-order valence-electron chi connectivity index (χ0n) is 10.0. The van der Waals surface area contributed by atoms with Gasteiger partial charge in [0.15, 0.2) is 5.69 Å². The minimum atomic E-state index is -1.09. The minimum Gasteiger partial charge on any atom is -0.476 e. The molecule has 18 heavy (non-hydrogen) atoms. The van der Waals surface area contributed by atoms with Gasteiger partial charge in [-0.2, -0.15) is 5.10 Å². The lowest BCUT2D eigenvalue weighted by Crippen LogP contribution is -2.33. The molecular formula is C12H15N3O3. The molecule has 6 heteroatoms. The topological polar surface area (TPSA) is 75.4 Å². The van der Waals surface area contributed by atoms with E-state index in [2.05, 4.69) is 5.10 Å². The van der Waals surface area contributed by atoms with E-state index in [1.54, 1.807) is 0 Å². The first-order chi connectivity index (χ1) is 8.65. The Morgan fingerprint density at radius 3 is 2.89 bits per heavy atom. The van der Waals surface area contributed by atoms with Gasteiger partial charge < -0.3 is 10.0 Å². The molecule has 0 radical (unpaired) electrons. The third-order valence-electron chi connectivity index (χ3n) is 3.48. The molecular weight excluding hydrogens is 234 g/mol. The van der Waals surface area contributed by atoms with Gasteiger partial charge in [-0.15, -0.1) is 0 Å². The summed E-state index contributed by atoms with van der Waals surface area (Å²) >= 11 is 0. The number of nitrogens with zero attached hydrogens (tertiary/aromatic N) is 3. The van der Waals surface area contributed by atoms with Crippen LogP contribution in [-0.2, 0) is 6.54 Å². The highest BCUT2D eigenvalue weighted by molar-refractivity contribution is 5.95. The number of fused-ring (bicyclic) bond motifs is 1. The first-order valence-electron chi connectivity index (χ1n) is 6.25. The monoisotopic (exact) mass is 249 g/mol. The molecule has 1 fully saturated rings. The summed E-state index contributed by atoms with van der Waals surface area (Å²) < 4.78 is 1.53. The van der Waals surface area contributed by atoms with Crippen LogP contribution in [0.2, 0.25) is 0 Å². The van der Waals surface area contributed by atoms with Crippen molar-refractivity contribution in [3.8, 4) is 0 Å². The first-order valence-corrected chi connectivity index (χ1v) is 6.25. The molecule has 1 aromatic rings. The molecule has 0 unspecified atom stereocenters. The van der Waals surface area contributed by atoms with Crippen molar-refractivity contribution in [3.63, 3.8) is 0 Å². The quantitative estimate of drug-likeness (QED) is 0.861. The van der Waals surface area contributed by atoms with Crippen LogP contribution in [0.15, 0.2) is 6.07 Å². The number of amides is 1. The molecule has 1 aromatic heterocycles. The summed E-state index contributed by atoms with van der Waals surface area (Å²) in [6.45, 7) is 2.14. The van der Waals surface area contributed by atoms with Crippen molar-refractivity contribution in [3.05, 3.63) is 17.5 Å². The number of aromatic carboxylic acids is 1. The van der Waals surface area contributed by atoms with Crippen LogP contribution in [0.25, 0.3) is 0 Å². The molecule has 3 rings (SSSR count). The standard InChI is InChI=1S/C12H15N3O3/c16-11-10-6-9(12(17)18)13-15(10)5-1-4-14(11)7-8-2-3-8/h6,8H,1-5,7H2,(H,17,18). The second kappa shape index (κ2) is 4.12. The van der Waals surface area contributed by atoms with Gasteiger partial charge in [0, 0.05) is 25.7 Å². The molecule has 2 heterocycles. The van der Waals surface area contributed by atoms with Gasteiger partial charge in [0.05, 0.1) is 0 Å². The Morgan fingerprint density at radius 2 is 2.22 bits per heavy atom. The van der Waals surface area contributed by atoms with E-state index in [9.17, 15) is 9.59 Å². The molecule has 0 aromatic carbocycles. The summed E-state index contributed by atoms with van der Waals surface area (Å²) in [5.74, 6) is -0.529. The highest BCUT2D eigenvalue weighted by atomic mass is 16.4. The molecule has 0 bridgehead atoms. The van der Waals surface area contributed by atoms with E-state index in [0.717, 1.165) is 19.5 Å². The van der Waals surface area contributed by atoms with Gasteiger partial charge in [-0.1, -0.05) is 0 Å². The lowest BCUT2D eigenvalue weighted by molar-refractivity contribution is 0.0689. The van der Waals surface area contributed by atoms with Gasteiger partial charge in [0.2, 0.25) is 0 Å². The van der Waals surface area contributed by atoms with Crippen LogP contribution in [-0.4, -0.2) is 44.8 Å². The largest absolute Gasteiger partial charge is 0.476 e. The number of hydrogen-bond acceptors (Lipinski definition) is 3. The Morgan fingerprint density at radius 1 is 1.44 bits per heavy atom. The van der Waals surface area contributed by atoms with E-state index < -0.39 is 5.97 Å². The fraction of sp³-hybridized carbons (Fsp3) is 0.583. The highest BCUT2D eigenvalue weighted by Crippen LogP contribution is 2.30. The molecule has 1 aliphatic carbocycles. The number of carboxylic acids is 1. The second-order valence-electron chi connectivity index (χ2n) is 4.99. The summed E-state index contributed by atoms with van der Waals surface area (Å²) in [7, 11) is 0. The number of hydrogen-bond donors (Lipinski definition) is 1. The van der Waals surface area contributed by atoms with Crippen LogP contribution in [0.4, 0.5) is 0 Å². The number of carboxylic acid groups (broad SMARTS) is 1. The number of rotatable bonds is 3. The molecule has 1 N–H and O–H groups in total. The van der Waals surface area contributed by atoms with Crippen LogP contribution in [0.5, 0.6) is 0 Å². The van der Waals surface area contributed by atoms with Crippen molar-refractivity contribution in [2.45, 2.75) is 25.8 Å². The fourth-order valence-corrected chi connectivity index (χ4v) is 2.33. The van der Waals surface area contributed by atoms with Gasteiger partial charge in [-0.25, -0.2) is 4.79 Å². The summed E-state index contributed by atoms with van der Waals surface area (Å²) in [6, 6.07) is 1.38. The summed E-state index contributed by atoms with van der Waals surface area (Å²) in [5.41, 5.74) is 0.358. The Bertz CT molecular complexity index is 505. The molecule has 96 valence electrons. The Balaban J connectivity index is 1.88. The van der Waals surface area contributed by atoms with Gasteiger partial charge in [-0.05, 0) is 25.2 Å². The Labute approximate surface area is 104 Å². The van der Waals surface area contributed by atoms with Crippen LogP contribution < -0.4 is 0 Å². The lowest BCUT2D eigenvalue weighted by atomic mass is 10.3. The average Bonchev–Trinajstić information content (AvgIpc) is 3.06. The zero-order valence-corrected chi connectivity index (χ0v) is 10.0. The van der Waals surface area contributed by atoms with Gasteiger partial charge in [-0.3, -0.25) is 9.48 Å². The van der Waals surface area contributed by atoms with Crippen molar-refractivity contribution in [1.29, 1.82) is 0 Å². The molecule has 0 atom stereocenters. The van der Waals surface area contributed by atoms with E-state index in [4.69, 9.17) is 5.11 Å². The smallest absolute Gasteiger partial charge is 0.356 e. The molecule has 0 spiro atoms. The van der Waals surface area contributed by atoms with Crippen LogP contribution in [0, 0.1) is 5.92 Å². The fourth-order valence-electron chi connectivity index (χ4n) is 2.33. The van der Waals surface area contributed by atoms with Crippen molar-refractivity contribution < 1.29 is 14.7 Å². The van der Waals surface area contributed by atoms with Crippen molar-refractivity contribution in [2.75, 3.05) is 13.1 Å². The van der Waals surface area contributed by atoms with Gasteiger partial charge >= 0.3 is 5.97 Å². The third kappa shape index (κ3) is 1.98. The predicted octanol–water partition coefficient (Wildman–Crippen LogP) is 0.837. The molecule has 2 aliphatic rings. The molecule has 1 amide bonds. The van der Waals surface area contributed by atoms with Crippen LogP contribution in [0.1, 0.15) is 40.2 Å². The van der Waals surface area contributed by atoms with E-state index in [0.29, 0.717) is 18.2 Å². The maximum Gasteiger partial charge on any atom is 0.356 e. The molecule has 0 saturated heterocycles. The van der Waals surface area contributed by atoms with Crippen molar-refractivity contribution >= 4 is 11.9 Å². The second-order valence-corrected chi connectivity index (χ2v) is 4.99. The van der Waals surface area contributed by atoms with E-state index >= 15 is 0 Å². The minimum absolute atomic E-state index is 0.0494. The normalized spacial score (nSPS) is 19.6. The number of carbonyl (C=O) groups is 2. The average molecular weight is 249 g/mol. The third-order valence-corrected chi connectivity index (χ3v) is 3.48. The Kier molecular flexibility index (Phi) is 2.57. The molecule has 1 aliphatic heterocycles. The SMILES string of the molecule is O=C(O)c1cc2n(n1)CCCN(CC1CC1)C2=O. The molecule has 6 nitrogen and oxygen atoms in total. The summed E-state index contributed by atoms with van der Waals surface area (Å²) in [4.78, 5) is 25.0. The molecule has 1 saturated carbocycles. The summed E-state index contributed by atoms with van der Waals surface area (Å²) in [5, 5.41) is 12.9.